The summed E-state index contributed by atoms with van der Waals surface area (Å²) in [6.45, 7) is 2.55. The van der Waals surface area contributed by atoms with Gasteiger partial charge in [0.25, 0.3) is 0 Å². The van der Waals surface area contributed by atoms with Crippen LogP contribution >= 0.6 is 23.1 Å². The summed E-state index contributed by atoms with van der Waals surface area (Å²) >= 11 is 3.09. The molecule has 1 aromatic heterocycles. The highest BCUT2D eigenvalue weighted by molar-refractivity contribution is 7.99. The lowest BCUT2D eigenvalue weighted by Gasteiger charge is -2.06. The fourth-order valence-electron chi connectivity index (χ4n) is 1.20. The van der Waals surface area contributed by atoms with Crippen LogP contribution < -0.4 is 5.32 Å². The molecule has 0 aliphatic heterocycles. The van der Waals surface area contributed by atoms with Gasteiger partial charge in [-0.25, -0.2) is 0 Å². The molecule has 1 atom stereocenters. The van der Waals surface area contributed by atoms with Gasteiger partial charge in [-0.3, -0.25) is 4.79 Å². The van der Waals surface area contributed by atoms with Crippen molar-refractivity contribution in [2.75, 3.05) is 18.1 Å². The molecule has 0 spiro atoms. The SMILES string of the molecule is CCNC(=O)CSCC(C#N)c1ccsc1. The lowest BCUT2D eigenvalue weighted by molar-refractivity contribution is -0.118. The maximum atomic E-state index is 11.2. The van der Waals surface area contributed by atoms with Crippen molar-refractivity contribution < 1.29 is 4.79 Å². The first kappa shape index (κ1) is 13.1. The fraction of sp³-hybridized carbons (Fsp3) is 0.455. The standard InChI is InChI=1S/C11H14N2OS2/c1-2-13-11(14)8-16-7-10(5-12)9-3-4-15-6-9/h3-4,6,10H,2,7-8H2,1H3,(H,13,14). The van der Waals surface area contributed by atoms with E-state index in [1.54, 1.807) is 11.3 Å². The van der Waals surface area contributed by atoms with Gasteiger partial charge < -0.3 is 5.32 Å². The Hall–Kier alpha value is -0.990. The number of thioether (sulfide) groups is 1. The average Bonchev–Trinajstić information content (AvgIpc) is 2.78. The molecule has 0 aliphatic carbocycles. The molecule has 1 amide bonds. The first-order valence-corrected chi connectivity index (χ1v) is 7.13. The Labute approximate surface area is 104 Å². The molecule has 1 unspecified atom stereocenters. The van der Waals surface area contributed by atoms with Crippen molar-refractivity contribution in [2.24, 2.45) is 0 Å². The largest absolute Gasteiger partial charge is 0.356 e. The molecular formula is C11H14N2OS2. The molecule has 16 heavy (non-hydrogen) atoms. The van der Waals surface area contributed by atoms with E-state index in [1.165, 1.54) is 11.8 Å². The minimum absolute atomic E-state index is 0.0366. The Morgan fingerprint density at radius 1 is 1.75 bits per heavy atom. The van der Waals surface area contributed by atoms with Crippen molar-refractivity contribution in [1.82, 2.24) is 5.32 Å². The van der Waals surface area contributed by atoms with E-state index in [0.717, 1.165) is 5.56 Å². The second-order valence-corrected chi connectivity index (χ2v) is 5.02. The minimum Gasteiger partial charge on any atom is -0.356 e. The van der Waals surface area contributed by atoms with E-state index in [4.69, 9.17) is 5.26 Å². The zero-order valence-corrected chi connectivity index (χ0v) is 10.7. The van der Waals surface area contributed by atoms with E-state index in [-0.39, 0.29) is 11.8 Å². The van der Waals surface area contributed by atoms with E-state index in [9.17, 15) is 4.79 Å². The maximum absolute atomic E-state index is 11.2. The third-order valence-electron chi connectivity index (χ3n) is 1.99. The van der Waals surface area contributed by atoms with Crippen molar-refractivity contribution in [2.45, 2.75) is 12.8 Å². The summed E-state index contributed by atoms with van der Waals surface area (Å²) in [5, 5.41) is 15.7. The first-order chi connectivity index (χ1) is 7.77. The Bertz CT molecular complexity index is 357. The molecule has 0 bridgehead atoms. The summed E-state index contributed by atoms with van der Waals surface area (Å²) in [7, 11) is 0. The highest BCUT2D eigenvalue weighted by Gasteiger charge is 2.11. The molecule has 0 radical (unpaired) electrons. The number of nitrogens with one attached hydrogen (secondary N) is 1. The normalized spacial score (nSPS) is 11.8. The van der Waals surface area contributed by atoms with Gasteiger partial charge in [-0.15, -0.1) is 0 Å². The molecule has 3 nitrogen and oxygen atoms in total. The predicted octanol–water partition coefficient (Wildman–Crippen LogP) is 2.22. The summed E-state index contributed by atoms with van der Waals surface area (Å²) in [5.41, 5.74) is 1.05. The quantitative estimate of drug-likeness (QED) is 0.847. The molecule has 1 aromatic rings. The van der Waals surface area contributed by atoms with Gasteiger partial charge in [0.1, 0.15) is 0 Å². The third kappa shape index (κ3) is 4.25. The Morgan fingerprint density at radius 3 is 3.12 bits per heavy atom. The molecule has 1 rings (SSSR count). The van der Waals surface area contributed by atoms with Crippen molar-refractivity contribution in [3.05, 3.63) is 22.4 Å². The summed E-state index contributed by atoms with van der Waals surface area (Å²) in [6, 6.07) is 4.23. The molecule has 0 fully saturated rings. The van der Waals surface area contributed by atoms with E-state index < -0.39 is 0 Å². The van der Waals surface area contributed by atoms with Crippen molar-refractivity contribution in [3.8, 4) is 6.07 Å². The van der Waals surface area contributed by atoms with Crippen LogP contribution in [0.4, 0.5) is 0 Å². The van der Waals surface area contributed by atoms with Crippen molar-refractivity contribution in [1.29, 1.82) is 5.26 Å². The van der Waals surface area contributed by atoms with Gasteiger partial charge in [0.15, 0.2) is 0 Å². The van der Waals surface area contributed by atoms with Crippen LogP contribution in [0.3, 0.4) is 0 Å². The number of hydrogen-bond acceptors (Lipinski definition) is 4. The lowest BCUT2D eigenvalue weighted by Crippen LogP contribution is -2.24. The Kier molecular flexibility index (Phi) is 5.98. The maximum Gasteiger partial charge on any atom is 0.229 e. The van der Waals surface area contributed by atoms with Crippen molar-refractivity contribution in [3.63, 3.8) is 0 Å². The fourth-order valence-corrected chi connectivity index (χ4v) is 2.82. The number of carbonyl (C=O) groups is 1. The lowest BCUT2D eigenvalue weighted by atomic mass is 10.1. The number of thiophene rings is 1. The number of rotatable bonds is 6. The number of amides is 1. The summed E-state index contributed by atoms with van der Waals surface area (Å²) in [4.78, 5) is 11.2. The van der Waals surface area contributed by atoms with E-state index in [1.807, 2.05) is 23.8 Å². The third-order valence-corrected chi connectivity index (χ3v) is 3.73. The van der Waals surface area contributed by atoms with Crippen LogP contribution in [0.5, 0.6) is 0 Å². The molecule has 1 N–H and O–H groups in total. The number of nitriles is 1. The molecule has 0 saturated heterocycles. The Balaban J connectivity index is 2.31. The van der Waals surface area contributed by atoms with E-state index in [0.29, 0.717) is 18.1 Å². The molecular weight excluding hydrogens is 240 g/mol. The second kappa shape index (κ2) is 7.31. The number of nitrogens with zero attached hydrogens (tertiary/aromatic N) is 1. The topological polar surface area (TPSA) is 52.9 Å². The van der Waals surface area contributed by atoms with Crippen LogP contribution in [0, 0.1) is 11.3 Å². The molecule has 0 aliphatic rings. The first-order valence-electron chi connectivity index (χ1n) is 5.04. The molecule has 0 aromatic carbocycles. The molecule has 0 saturated carbocycles. The predicted molar refractivity (Wildman–Crippen MR) is 68.7 cm³/mol. The second-order valence-electron chi connectivity index (χ2n) is 3.21. The smallest absolute Gasteiger partial charge is 0.229 e. The summed E-state index contributed by atoms with van der Waals surface area (Å²) in [6.07, 6.45) is 0. The van der Waals surface area contributed by atoms with Crippen LogP contribution in [-0.2, 0) is 4.79 Å². The zero-order chi connectivity index (χ0) is 11.8. The van der Waals surface area contributed by atoms with Crippen LogP contribution in [0.1, 0.15) is 18.4 Å². The number of carbonyl (C=O) groups excluding carboxylic acids is 1. The van der Waals surface area contributed by atoms with Gasteiger partial charge in [0, 0.05) is 12.3 Å². The molecule has 5 heteroatoms. The van der Waals surface area contributed by atoms with Crippen LogP contribution in [0.15, 0.2) is 16.8 Å². The minimum atomic E-state index is -0.106. The van der Waals surface area contributed by atoms with Crippen LogP contribution in [0.2, 0.25) is 0 Å². The van der Waals surface area contributed by atoms with Crippen LogP contribution in [0.25, 0.3) is 0 Å². The molecule has 1 heterocycles. The zero-order valence-electron chi connectivity index (χ0n) is 9.10. The van der Waals surface area contributed by atoms with E-state index >= 15 is 0 Å². The average molecular weight is 254 g/mol. The Morgan fingerprint density at radius 2 is 2.56 bits per heavy atom. The monoisotopic (exact) mass is 254 g/mol. The highest BCUT2D eigenvalue weighted by atomic mass is 32.2. The van der Waals surface area contributed by atoms with Crippen molar-refractivity contribution >= 4 is 29.0 Å². The molecule has 86 valence electrons. The van der Waals surface area contributed by atoms with Gasteiger partial charge >= 0.3 is 0 Å². The van der Waals surface area contributed by atoms with E-state index in [2.05, 4.69) is 11.4 Å². The van der Waals surface area contributed by atoms with Gasteiger partial charge in [-0.05, 0) is 29.3 Å². The van der Waals surface area contributed by atoms with Gasteiger partial charge in [0.05, 0.1) is 17.7 Å². The van der Waals surface area contributed by atoms with Gasteiger partial charge in [-0.1, -0.05) is 0 Å². The van der Waals surface area contributed by atoms with Crippen LogP contribution in [-0.4, -0.2) is 24.0 Å². The van der Waals surface area contributed by atoms with Gasteiger partial charge in [-0.2, -0.15) is 28.4 Å². The van der Waals surface area contributed by atoms with Gasteiger partial charge in [0.2, 0.25) is 5.91 Å². The highest BCUT2D eigenvalue weighted by Crippen LogP contribution is 2.22. The summed E-state index contributed by atoms with van der Waals surface area (Å²) < 4.78 is 0. The number of hydrogen-bond donors (Lipinski definition) is 1. The summed E-state index contributed by atoms with van der Waals surface area (Å²) in [5.74, 6) is 1.03.